The Labute approximate surface area is 87.3 Å². The summed E-state index contributed by atoms with van der Waals surface area (Å²) in [6.45, 7) is 16.0. The van der Waals surface area contributed by atoms with Crippen molar-refractivity contribution >= 4 is 17.2 Å². The molecule has 1 nitrogen and oxygen atoms in total. The van der Waals surface area contributed by atoms with E-state index in [2.05, 4.69) is 44.3 Å². The molecule has 0 aliphatic carbocycles. The number of hydrogen-bond acceptors (Lipinski definition) is 1. The van der Waals surface area contributed by atoms with Crippen LogP contribution in [0.25, 0.3) is 0 Å². The van der Waals surface area contributed by atoms with Gasteiger partial charge in [-0.05, 0) is 19.0 Å². The van der Waals surface area contributed by atoms with Crippen molar-refractivity contribution in [2.24, 2.45) is 0 Å². The second-order valence-corrected chi connectivity index (χ2v) is 12.9. The van der Waals surface area contributed by atoms with Gasteiger partial charge in [-0.3, -0.25) is 0 Å². The Kier molecular flexibility index (Phi) is 6.17. The van der Waals surface area contributed by atoms with Crippen molar-refractivity contribution in [3.8, 4) is 0 Å². The normalized spacial score (nSPS) is 12.9. The van der Waals surface area contributed by atoms with Crippen molar-refractivity contribution < 1.29 is 0 Å². The predicted molar refractivity (Wildman–Crippen MR) is 68.5 cm³/mol. The number of hydrogen-bond donors (Lipinski definition) is 0. The largest absolute Gasteiger partial charge is 0.348 e. The summed E-state index contributed by atoms with van der Waals surface area (Å²) in [5, 5.41) is 0. The van der Waals surface area contributed by atoms with E-state index in [0.29, 0.717) is 0 Å². The van der Waals surface area contributed by atoms with E-state index in [1.807, 2.05) is 0 Å². The second-order valence-electron chi connectivity index (χ2n) is 4.85. The molecule has 0 spiro atoms. The second kappa shape index (κ2) is 5.99. The molecule has 80 valence electrons. The molecular weight excluding hydrogens is 190 g/mol. The topological polar surface area (TPSA) is 3.24 Å². The number of rotatable bonds is 6. The molecule has 0 aromatic heterocycles. The molecule has 0 saturated heterocycles. The Hall–Kier alpha value is 0.394. The lowest BCUT2D eigenvalue weighted by Crippen LogP contribution is -2.54. The van der Waals surface area contributed by atoms with Crippen LogP contribution in [0.2, 0.25) is 32.2 Å². The maximum absolute atomic E-state index is 2.90. The highest BCUT2D eigenvalue weighted by molar-refractivity contribution is 6.83. The first-order valence-electron chi connectivity index (χ1n) is 5.72. The van der Waals surface area contributed by atoms with Crippen LogP contribution in [0.4, 0.5) is 0 Å². The Morgan fingerprint density at radius 2 is 1.62 bits per heavy atom. The summed E-state index contributed by atoms with van der Waals surface area (Å²) in [4.78, 5) is 0. The summed E-state index contributed by atoms with van der Waals surface area (Å²) in [6.07, 6.45) is 2.69. The minimum Gasteiger partial charge on any atom is -0.348 e. The highest BCUT2D eigenvalue weighted by Gasteiger charge is 2.29. The van der Waals surface area contributed by atoms with Crippen LogP contribution in [0.1, 0.15) is 26.7 Å². The summed E-state index contributed by atoms with van der Waals surface area (Å²) in [6, 6.07) is 1.47. The minimum atomic E-state index is -1.02. The molecule has 0 aliphatic rings. The Balaban J connectivity index is 4.32. The molecule has 0 radical (unpaired) electrons. The van der Waals surface area contributed by atoms with Crippen LogP contribution < -0.4 is 0 Å². The van der Waals surface area contributed by atoms with Crippen molar-refractivity contribution in [2.75, 3.05) is 6.54 Å². The SMILES string of the molecule is CCCN([SiH](C)C)[Si](C)(C)CCC. The summed E-state index contributed by atoms with van der Waals surface area (Å²) < 4.78 is 2.90. The van der Waals surface area contributed by atoms with Gasteiger partial charge in [0, 0.05) is 0 Å². The van der Waals surface area contributed by atoms with Crippen molar-refractivity contribution in [1.82, 2.24) is 4.23 Å². The molecular formula is C10H27NSi2. The quantitative estimate of drug-likeness (QED) is 0.617. The van der Waals surface area contributed by atoms with Crippen molar-refractivity contribution in [2.45, 2.75) is 58.9 Å². The minimum absolute atomic E-state index is 0.565. The van der Waals surface area contributed by atoms with Crippen LogP contribution in [0.3, 0.4) is 0 Å². The third-order valence-corrected chi connectivity index (χ3v) is 11.4. The van der Waals surface area contributed by atoms with Crippen LogP contribution in [0.15, 0.2) is 0 Å². The van der Waals surface area contributed by atoms with E-state index in [1.165, 1.54) is 25.4 Å². The van der Waals surface area contributed by atoms with E-state index in [-0.39, 0.29) is 0 Å². The fourth-order valence-electron chi connectivity index (χ4n) is 2.26. The molecule has 0 unspecified atom stereocenters. The lowest BCUT2D eigenvalue weighted by molar-refractivity contribution is 0.607. The highest BCUT2D eigenvalue weighted by atomic mass is 28.4. The van der Waals surface area contributed by atoms with Crippen LogP contribution in [0.5, 0.6) is 0 Å². The van der Waals surface area contributed by atoms with Crippen LogP contribution in [-0.4, -0.2) is 28.0 Å². The lowest BCUT2D eigenvalue weighted by atomic mass is 10.5. The van der Waals surface area contributed by atoms with E-state index < -0.39 is 17.2 Å². The van der Waals surface area contributed by atoms with Crippen LogP contribution in [0, 0.1) is 0 Å². The molecule has 3 heteroatoms. The zero-order chi connectivity index (χ0) is 10.5. The first-order valence-corrected chi connectivity index (χ1v) is 11.7. The smallest absolute Gasteiger partial charge is 0.115 e. The third kappa shape index (κ3) is 4.43. The van der Waals surface area contributed by atoms with Gasteiger partial charge >= 0.3 is 0 Å². The van der Waals surface area contributed by atoms with E-state index in [9.17, 15) is 0 Å². The van der Waals surface area contributed by atoms with Gasteiger partial charge in [-0.2, -0.15) is 0 Å². The zero-order valence-corrected chi connectivity index (χ0v) is 12.5. The average Bonchev–Trinajstić information content (AvgIpc) is 1.99. The van der Waals surface area contributed by atoms with Gasteiger partial charge in [0.1, 0.15) is 8.24 Å². The summed E-state index contributed by atoms with van der Waals surface area (Å²) in [5.74, 6) is 0. The molecule has 0 aromatic rings. The van der Waals surface area contributed by atoms with Gasteiger partial charge in [-0.15, -0.1) is 0 Å². The third-order valence-electron chi connectivity index (χ3n) is 2.73. The lowest BCUT2D eigenvalue weighted by Gasteiger charge is -2.40. The van der Waals surface area contributed by atoms with Gasteiger partial charge in [-0.25, -0.2) is 0 Å². The summed E-state index contributed by atoms with van der Waals surface area (Å²) in [5.41, 5.74) is 0. The van der Waals surface area contributed by atoms with Gasteiger partial charge in [0.05, 0.1) is 8.96 Å². The van der Waals surface area contributed by atoms with E-state index in [1.54, 1.807) is 0 Å². The van der Waals surface area contributed by atoms with Crippen molar-refractivity contribution in [3.05, 3.63) is 0 Å². The van der Waals surface area contributed by atoms with Crippen LogP contribution >= 0.6 is 0 Å². The van der Waals surface area contributed by atoms with E-state index >= 15 is 0 Å². The maximum atomic E-state index is 2.90. The van der Waals surface area contributed by atoms with Gasteiger partial charge in [0.25, 0.3) is 0 Å². The molecule has 0 atom stereocenters. The van der Waals surface area contributed by atoms with Gasteiger partial charge in [0.15, 0.2) is 0 Å². The van der Waals surface area contributed by atoms with Gasteiger partial charge in [0.2, 0.25) is 0 Å². The Bertz CT molecular complexity index is 135. The fraction of sp³-hybridized carbons (Fsp3) is 1.00. The molecule has 0 amide bonds. The van der Waals surface area contributed by atoms with E-state index in [0.717, 1.165) is 0 Å². The Morgan fingerprint density at radius 3 is 1.92 bits per heavy atom. The molecule has 0 bridgehead atoms. The molecule has 0 N–H and O–H groups in total. The number of nitrogens with zero attached hydrogens (tertiary/aromatic N) is 1. The molecule has 0 heterocycles. The Morgan fingerprint density at radius 1 is 1.08 bits per heavy atom. The monoisotopic (exact) mass is 217 g/mol. The molecule has 0 fully saturated rings. The highest BCUT2D eigenvalue weighted by Crippen LogP contribution is 2.19. The zero-order valence-electron chi connectivity index (χ0n) is 10.4. The molecule has 0 saturated carbocycles. The standard InChI is InChI=1S/C10H27NSi2/c1-7-9-11(12(3)4)13(5,6)10-8-2/h12H,7-10H2,1-6H3. The maximum Gasteiger partial charge on any atom is 0.115 e. The average molecular weight is 218 g/mol. The summed E-state index contributed by atoms with van der Waals surface area (Å²) >= 11 is 0. The predicted octanol–water partition coefficient (Wildman–Crippen LogP) is 3.30. The van der Waals surface area contributed by atoms with Crippen molar-refractivity contribution in [3.63, 3.8) is 0 Å². The molecule has 0 rings (SSSR count). The molecule has 0 aromatic carbocycles. The van der Waals surface area contributed by atoms with Gasteiger partial charge in [-0.1, -0.05) is 46.5 Å². The summed E-state index contributed by atoms with van der Waals surface area (Å²) in [7, 11) is -1.59. The molecule has 0 aliphatic heterocycles. The van der Waals surface area contributed by atoms with Crippen LogP contribution in [-0.2, 0) is 0 Å². The molecule has 13 heavy (non-hydrogen) atoms. The van der Waals surface area contributed by atoms with Crippen molar-refractivity contribution in [1.29, 1.82) is 0 Å². The van der Waals surface area contributed by atoms with E-state index in [4.69, 9.17) is 0 Å². The first-order chi connectivity index (χ1) is 5.95. The van der Waals surface area contributed by atoms with Gasteiger partial charge < -0.3 is 4.23 Å². The first kappa shape index (κ1) is 13.4. The fourth-order valence-corrected chi connectivity index (χ4v) is 11.3.